The van der Waals surface area contributed by atoms with Crippen molar-refractivity contribution < 1.29 is 9.59 Å². The lowest BCUT2D eigenvalue weighted by atomic mass is 10.1. The van der Waals surface area contributed by atoms with Gasteiger partial charge in [0.2, 0.25) is 11.8 Å². The number of rotatable bonds is 20. The number of unbranched alkanes of at least 4 members (excludes halogenated alkanes) is 1. The first-order valence-electron chi connectivity index (χ1n) is 11.4. The highest BCUT2D eigenvalue weighted by Crippen LogP contribution is 2.02. The second-order valence-corrected chi connectivity index (χ2v) is 7.69. The van der Waals surface area contributed by atoms with E-state index in [2.05, 4.69) is 37.2 Å². The molecule has 0 aliphatic rings. The lowest BCUT2D eigenvalue weighted by Gasteiger charge is -2.20. The number of carbonyl (C=O) groups is 2. The van der Waals surface area contributed by atoms with Crippen molar-refractivity contribution in [2.75, 3.05) is 61.4 Å². The quantitative estimate of drug-likeness (QED) is 0.126. The van der Waals surface area contributed by atoms with Crippen LogP contribution in [0.2, 0.25) is 0 Å². The molecular formula is C21H47N7O2. The summed E-state index contributed by atoms with van der Waals surface area (Å²) in [5.41, 5.74) is 0. The van der Waals surface area contributed by atoms with Crippen LogP contribution in [-0.4, -0.2) is 91.4 Å². The highest BCUT2D eigenvalue weighted by Gasteiger charge is 2.18. The molecule has 9 heteroatoms. The molecule has 0 saturated heterocycles. The Balaban J connectivity index is 4.07. The van der Waals surface area contributed by atoms with Gasteiger partial charge in [-0.25, -0.2) is 0 Å². The minimum absolute atomic E-state index is 0.0372. The second kappa shape index (κ2) is 19.7. The summed E-state index contributed by atoms with van der Waals surface area (Å²) in [4.78, 5) is 24.7. The lowest BCUT2D eigenvalue weighted by Crippen LogP contribution is -2.47. The van der Waals surface area contributed by atoms with Gasteiger partial charge < -0.3 is 37.2 Å². The monoisotopic (exact) mass is 429 g/mol. The normalized spacial score (nSPS) is 14.2. The molecule has 7 N–H and O–H groups in total. The molecule has 0 aromatic carbocycles. The van der Waals surface area contributed by atoms with Crippen molar-refractivity contribution in [1.82, 2.24) is 37.2 Å². The van der Waals surface area contributed by atoms with Gasteiger partial charge >= 0.3 is 0 Å². The molecule has 3 atom stereocenters. The standard InChI is InChI=1S/C21H47N7O2/c1-22-13-8-10-17(24-3)16-28-21(30)18(25-4)11-6-7-15-27-20(29)19(26-5)12-9-14-23-2/h17-19,22-26H,6-16H2,1-5H3,(H,27,29)(H,28,30)/t17-,18-,19+/m0/s1. The zero-order valence-corrected chi connectivity index (χ0v) is 19.8. The van der Waals surface area contributed by atoms with E-state index in [4.69, 9.17) is 0 Å². The van der Waals surface area contributed by atoms with Gasteiger partial charge in [0.1, 0.15) is 0 Å². The molecule has 0 aliphatic heterocycles. The van der Waals surface area contributed by atoms with Crippen molar-refractivity contribution >= 4 is 11.8 Å². The van der Waals surface area contributed by atoms with Gasteiger partial charge in [0.25, 0.3) is 0 Å². The van der Waals surface area contributed by atoms with Crippen LogP contribution in [0.15, 0.2) is 0 Å². The maximum absolute atomic E-state index is 12.5. The summed E-state index contributed by atoms with van der Waals surface area (Å²) >= 11 is 0. The Hall–Kier alpha value is -1.26. The number of likely N-dealkylation sites (N-methyl/N-ethyl adjacent to an activating group) is 3. The molecule has 30 heavy (non-hydrogen) atoms. The molecule has 178 valence electrons. The number of carbonyl (C=O) groups excluding carboxylic acids is 2. The fourth-order valence-electron chi connectivity index (χ4n) is 3.32. The van der Waals surface area contributed by atoms with Crippen molar-refractivity contribution in [2.24, 2.45) is 0 Å². The Morgan fingerprint density at radius 3 is 1.67 bits per heavy atom. The van der Waals surface area contributed by atoms with Gasteiger partial charge in [-0.3, -0.25) is 9.59 Å². The fraction of sp³-hybridized carbons (Fsp3) is 0.905. The van der Waals surface area contributed by atoms with E-state index in [9.17, 15) is 9.59 Å². The summed E-state index contributed by atoms with van der Waals surface area (Å²) in [6.07, 6.45) is 6.34. The van der Waals surface area contributed by atoms with Crippen LogP contribution >= 0.6 is 0 Å². The SMILES string of the molecule is CNCCC[C@@H](CNC(=O)[C@H](CCCCNC(=O)[C@@H](CCCNC)NC)NC)NC. The zero-order chi connectivity index (χ0) is 22.6. The number of hydrogen-bond acceptors (Lipinski definition) is 7. The van der Waals surface area contributed by atoms with E-state index < -0.39 is 0 Å². The lowest BCUT2D eigenvalue weighted by molar-refractivity contribution is -0.124. The summed E-state index contributed by atoms with van der Waals surface area (Å²) in [6, 6.07) is -0.0761. The smallest absolute Gasteiger partial charge is 0.237 e. The molecule has 9 nitrogen and oxygen atoms in total. The van der Waals surface area contributed by atoms with Crippen LogP contribution in [-0.2, 0) is 9.59 Å². The molecule has 0 aromatic heterocycles. The van der Waals surface area contributed by atoms with Crippen molar-refractivity contribution in [3.8, 4) is 0 Å². The first-order chi connectivity index (χ1) is 14.5. The maximum Gasteiger partial charge on any atom is 0.237 e. The average Bonchev–Trinajstić information content (AvgIpc) is 2.75. The molecule has 2 amide bonds. The average molecular weight is 430 g/mol. The highest BCUT2D eigenvalue weighted by atomic mass is 16.2. The summed E-state index contributed by atoms with van der Waals surface area (Å²) in [6.45, 7) is 3.15. The third-order valence-electron chi connectivity index (χ3n) is 5.38. The second-order valence-electron chi connectivity index (χ2n) is 7.69. The van der Waals surface area contributed by atoms with E-state index in [-0.39, 0.29) is 29.9 Å². The van der Waals surface area contributed by atoms with E-state index in [1.165, 1.54) is 0 Å². The van der Waals surface area contributed by atoms with Gasteiger partial charge in [0.05, 0.1) is 12.1 Å². The maximum atomic E-state index is 12.5. The van der Waals surface area contributed by atoms with E-state index in [0.29, 0.717) is 13.1 Å². The minimum atomic E-state index is -0.206. The van der Waals surface area contributed by atoms with Crippen LogP contribution in [0.4, 0.5) is 0 Å². The largest absolute Gasteiger partial charge is 0.355 e. The molecule has 0 saturated carbocycles. The molecule has 0 fully saturated rings. The molecule has 0 aliphatic carbocycles. The van der Waals surface area contributed by atoms with Crippen molar-refractivity contribution in [3.05, 3.63) is 0 Å². The van der Waals surface area contributed by atoms with Gasteiger partial charge in [-0.05, 0) is 93.3 Å². The van der Waals surface area contributed by atoms with Crippen LogP contribution in [0.3, 0.4) is 0 Å². The van der Waals surface area contributed by atoms with E-state index in [0.717, 1.165) is 58.0 Å². The van der Waals surface area contributed by atoms with Crippen LogP contribution in [0.1, 0.15) is 44.9 Å². The first-order valence-corrected chi connectivity index (χ1v) is 11.4. The predicted octanol–water partition coefficient (Wildman–Crippen LogP) is -0.848. The molecule has 0 rings (SSSR count). The first kappa shape index (κ1) is 28.7. The predicted molar refractivity (Wildman–Crippen MR) is 125 cm³/mol. The number of nitrogens with one attached hydrogen (secondary N) is 7. The molecular weight excluding hydrogens is 382 g/mol. The zero-order valence-electron chi connectivity index (χ0n) is 19.8. The van der Waals surface area contributed by atoms with E-state index in [1.54, 1.807) is 0 Å². The van der Waals surface area contributed by atoms with Gasteiger partial charge in [-0.15, -0.1) is 0 Å². The number of hydrogen-bond donors (Lipinski definition) is 7. The molecule has 0 radical (unpaired) electrons. The number of amides is 2. The molecule has 0 unspecified atom stereocenters. The third kappa shape index (κ3) is 13.9. The van der Waals surface area contributed by atoms with Gasteiger partial charge in [-0.2, -0.15) is 0 Å². The highest BCUT2D eigenvalue weighted by molar-refractivity contribution is 5.82. The fourth-order valence-corrected chi connectivity index (χ4v) is 3.32. The topological polar surface area (TPSA) is 118 Å². The Labute approximate surface area is 183 Å². The van der Waals surface area contributed by atoms with Crippen molar-refractivity contribution in [1.29, 1.82) is 0 Å². The van der Waals surface area contributed by atoms with Crippen molar-refractivity contribution in [2.45, 2.75) is 63.1 Å². The molecule has 0 heterocycles. The molecule has 0 aromatic rings. The van der Waals surface area contributed by atoms with Crippen molar-refractivity contribution in [3.63, 3.8) is 0 Å². The van der Waals surface area contributed by atoms with E-state index in [1.807, 2.05) is 35.2 Å². The summed E-state index contributed by atoms with van der Waals surface area (Å²) < 4.78 is 0. The molecule has 0 spiro atoms. The van der Waals surface area contributed by atoms with Crippen LogP contribution < -0.4 is 37.2 Å². The Morgan fingerprint density at radius 1 is 0.600 bits per heavy atom. The summed E-state index contributed by atoms with van der Waals surface area (Å²) in [5.74, 6) is 0.0862. The molecule has 0 bridgehead atoms. The van der Waals surface area contributed by atoms with Crippen LogP contribution in [0.5, 0.6) is 0 Å². The Morgan fingerprint density at radius 2 is 1.13 bits per heavy atom. The van der Waals surface area contributed by atoms with Crippen LogP contribution in [0, 0.1) is 0 Å². The van der Waals surface area contributed by atoms with E-state index >= 15 is 0 Å². The minimum Gasteiger partial charge on any atom is -0.355 e. The van der Waals surface area contributed by atoms with Gasteiger partial charge in [0, 0.05) is 19.1 Å². The summed E-state index contributed by atoms with van der Waals surface area (Å²) in [7, 11) is 9.43. The Kier molecular flexibility index (Phi) is 18.9. The van der Waals surface area contributed by atoms with Crippen LogP contribution in [0.25, 0.3) is 0 Å². The third-order valence-corrected chi connectivity index (χ3v) is 5.38. The summed E-state index contributed by atoms with van der Waals surface area (Å²) in [5, 5.41) is 21.7. The Bertz CT molecular complexity index is 438. The van der Waals surface area contributed by atoms with Gasteiger partial charge in [-0.1, -0.05) is 0 Å². The van der Waals surface area contributed by atoms with Gasteiger partial charge in [0.15, 0.2) is 0 Å².